The largest absolute Gasteiger partial charge is 0.378 e. The molecule has 0 saturated carbocycles. The van der Waals surface area contributed by atoms with Crippen LogP contribution < -0.4 is 5.32 Å². The van der Waals surface area contributed by atoms with Crippen LogP contribution >= 0.6 is 0 Å². The maximum absolute atomic E-state index is 10.9. The van der Waals surface area contributed by atoms with E-state index in [1.807, 2.05) is 6.92 Å². The van der Waals surface area contributed by atoms with Crippen molar-refractivity contribution in [3.8, 4) is 0 Å². The Balaban J connectivity index is 2.23. The molecule has 1 aliphatic rings. The van der Waals surface area contributed by atoms with Gasteiger partial charge in [0.05, 0.1) is 25.0 Å². The molecule has 0 aromatic carbocycles. The topological polar surface area (TPSA) is 55.4 Å². The van der Waals surface area contributed by atoms with E-state index >= 15 is 0 Å². The standard InChI is InChI=1S/C7H15NO3S/c1-6(5-12(2,9)10)8-7-3-11-4-7/h6-8H,3-5H2,1-2H3. The van der Waals surface area contributed by atoms with E-state index in [0.29, 0.717) is 19.3 Å². The fourth-order valence-corrected chi connectivity index (χ4v) is 2.24. The molecule has 0 aliphatic carbocycles. The van der Waals surface area contributed by atoms with Gasteiger partial charge in [0, 0.05) is 12.3 Å². The molecule has 5 heteroatoms. The lowest BCUT2D eigenvalue weighted by atomic mass is 10.2. The van der Waals surface area contributed by atoms with Gasteiger partial charge in [-0.3, -0.25) is 0 Å². The van der Waals surface area contributed by atoms with Gasteiger partial charge in [0.2, 0.25) is 0 Å². The number of ether oxygens (including phenoxy) is 1. The highest BCUT2D eigenvalue weighted by Crippen LogP contribution is 2.01. The molecule has 1 unspecified atom stereocenters. The highest BCUT2D eigenvalue weighted by atomic mass is 32.2. The molecule has 1 aliphatic heterocycles. The Morgan fingerprint density at radius 2 is 2.17 bits per heavy atom. The summed E-state index contributed by atoms with van der Waals surface area (Å²) in [5, 5.41) is 3.17. The molecule has 0 spiro atoms. The minimum Gasteiger partial charge on any atom is -0.378 e. The van der Waals surface area contributed by atoms with Crippen molar-refractivity contribution in [1.29, 1.82) is 0 Å². The predicted molar refractivity (Wildman–Crippen MR) is 46.9 cm³/mol. The van der Waals surface area contributed by atoms with Gasteiger partial charge < -0.3 is 10.1 Å². The number of nitrogens with one attached hydrogen (secondary N) is 1. The maximum atomic E-state index is 10.9. The first-order chi connectivity index (χ1) is 5.47. The Morgan fingerprint density at radius 3 is 2.50 bits per heavy atom. The quantitative estimate of drug-likeness (QED) is 0.648. The zero-order valence-electron chi connectivity index (χ0n) is 7.41. The number of sulfone groups is 1. The zero-order chi connectivity index (χ0) is 9.19. The summed E-state index contributed by atoms with van der Waals surface area (Å²) in [6.45, 7) is 3.28. The average Bonchev–Trinajstić information content (AvgIpc) is 1.74. The van der Waals surface area contributed by atoms with E-state index < -0.39 is 9.84 Å². The molecule has 1 heterocycles. The first-order valence-electron chi connectivity index (χ1n) is 3.99. The maximum Gasteiger partial charge on any atom is 0.148 e. The lowest BCUT2D eigenvalue weighted by Gasteiger charge is -2.29. The average molecular weight is 193 g/mol. The molecule has 1 fully saturated rings. The summed E-state index contributed by atoms with van der Waals surface area (Å²) in [5.41, 5.74) is 0. The van der Waals surface area contributed by atoms with Crippen LogP contribution in [0.1, 0.15) is 6.92 Å². The Hall–Kier alpha value is -0.130. The predicted octanol–water partition coefficient (Wildman–Crippen LogP) is -0.592. The van der Waals surface area contributed by atoms with E-state index in [1.54, 1.807) is 0 Å². The Morgan fingerprint density at radius 1 is 1.58 bits per heavy atom. The van der Waals surface area contributed by atoms with Gasteiger partial charge in [-0.05, 0) is 6.92 Å². The lowest BCUT2D eigenvalue weighted by molar-refractivity contribution is -0.00813. The second-order valence-electron chi connectivity index (χ2n) is 3.39. The van der Waals surface area contributed by atoms with Crippen molar-refractivity contribution in [2.45, 2.75) is 19.0 Å². The molecule has 1 saturated heterocycles. The van der Waals surface area contributed by atoms with Crippen LogP contribution in [0, 0.1) is 0 Å². The monoisotopic (exact) mass is 193 g/mol. The number of rotatable bonds is 4. The molecule has 0 amide bonds. The third-order valence-electron chi connectivity index (χ3n) is 1.71. The lowest BCUT2D eigenvalue weighted by Crippen LogP contribution is -2.51. The molecular formula is C7H15NO3S. The third-order valence-corrected chi connectivity index (χ3v) is 2.82. The van der Waals surface area contributed by atoms with Crippen molar-refractivity contribution in [3.05, 3.63) is 0 Å². The Bertz CT molecular complexity index is 233. The Kier molecular flexibility index (Phi) is 3.09. The van der Waals surface area contributed by atoms with Crippen molar-refractivity contribution < 1.29 is 13.2 Å². The van der Waals surface area contributed by atoms with Gasteiger partial charge in [-0.25, -0.2) is 8.42 Å². The van der Waals surface area contributed by atoms with Crippen LogP contribution in [0.2, 0.25) is 0 Å². The SMILES string of the molecule is CC(CS(C)(=O)=O)NC1COC1. The summed E-state index contributed by atoms with van der Waals surface area (Å²) < 4.78 is 26.7. The normalized spacial score (nSPS) is 21.8. The molecular weight excluding hydrogens is 178 g/mol. The van der Waals surface area contributed by atoms with E-state index in [0.717, 1.165) is 0 Å². The van der Waals surface area contributed by atoms with Crippen LogP contribution in [0.4, 0.5) is 0 Å². The zero-order valence-corrected chi connectivity index (χ0v) is 8.23. The van der Waals surface area contributed by atoms with E-state index in [-0.39, 0.29) is 11.8 Å². The van der Waals surface area contributed by atoms with Crippen LogP contribution in [-0.2, 0) is 14.6 Å². The van der Waals surface area contributed by atoms with Crippen LogP contribution in [0.3, 0.4) is 0 Å². The minimum absolute atomic E-state index is 0.0221. The first kappa shape index (κ1) is 9.95. The second-order valence-corrected chi connectivity index (χ2v) is 5.58. The van der Waals surface area contributed by atoms with Crippen molar-refractivity contribution >= 4 is 9.84 Å². The molecule has 4 nitrogen and oxygen atoms in total. The molecule has 0 aromatic rings. The third kappa shape index (κ3) is 3.51. The van der Waals surface area contributed by atoms with Gasteiger partial charge in [-0.2, -0.15) is 0 Å². The molecule has 72 valence electrons. The number of hydrogen-bond acceptors (Lipinski definition) is 4. The summed E-state index contributed by atoms with van der Waals surface area (Å²) in [5.74, 6) is 0.198. The van der Waals surface area contributed by atoms with E-state index in [9.17, 15) is 8.42 Å². The highest BCUT2D eigenvalue weighted by molar-refractivity contribution is 7.90. The van der Waals surface area contributed by atoms with Gasteiger partial charge in [-0.1, -0.05) is 0 Å². The van der Waals surface area contributed by atoms with Crippen LogP contribution in [0.5, 0.6) is 0 Å². The molecule has 0 bridgehead atoms. The van der Waals surface area contributed by atoms with Crippen molar-refractivity contribution in [3.63, 3.8) is 0 Å². The summed E-state index contributed by atoms with van der Waals surface area (Å²) >= 11 is 0. The van der Waals surface area contributed by atoms with Gasteiger partial charge in [-0.15, -0.1) is 0 Å². The van der Waals surface area contributed by atoms with Crippen LogP contribution in [0.15, 0.2) is 0 Å². The summed E-state index contributed by atoms with van der Waals surface area (Å²) in [7, 11) is -2.86. The first-order valence-corrected chi connectivity index (χ1v) is 6.05. The minimum atomic E-state index is -2.86. The summed E-state index contributed by atoms with van der Waals surface area (Å²) in [6, 6.07) is 0.371. The molecule has 1 atom stereocenters. The molecule has 0 radical (unpaired) electrons. The highest BCUT2D eigenvalue weighted by Gasteiger charge is 2.21. The van der Waals surface area contributed by atoms with Crippen molar-refractivity contribution in [1.82, 2.24) is 5.32 Å². The fourth-order valence-electron chi connectivity index (χ4n) is 1.24. The fraction of sp³-hybridized carbons (Fsp3) is 1.00. The van der Waals surface area contributed by atoms with Gasteiger partial charge >= 0.3 is 0 Å². The van der Waals surface area contributed by atoms with Gasteiger partial charge in [0.1, 0.15) is 9.84 Å². The molecule has 1 rings (SSSR count). The smallest absolute Gasteiger partial charge is 0.148 e. The molecule has 0 aromatic heterocycles. The van der Waals surface area contributed by atoms with Crippen LogP contribution in [-0.4, -0.2) is 45.7 Å². The van der Waals surface area contributed by atoms with Crippen molar-refractivity contribution in [2.24, 2.45) is 0 Å². The van der Waals surface area contributed by atoms with Crippen LogP contribution in [0.25, 0.3) is 0 Å². The van der Waals surface area contributed by atoms with E-state index in [2.05, 4.69) is 5.32 Å². The Labute approximate surface area is 73.2 Å². The second kappa shape index (κ2) is 3.72. The van der Waals surface area contributed by atoms with Gasteiger partial charge in [0.15, 0.2) is 0 Å². The summed E-state index contributed by atoms with van der Waals surface area (Å²) in [6.07, 6.45) is 1.25. The van der Waals surface area contributed by atoms with Gasteiger partial charge in [0.25, 0.3) is 0 Å². The van der Waals surface area contributed by atoms with E-state index in [1.165, 1.54) is 6.26 Å². The van der Waals surface area contributed by atoms with Crippen molar-refractivity contribution in [2.75, 3.05) is 25.2 Å². The molecule has 12 heavy (non-hydrogen) atoms. The number of hydrogen-bond donors (Lipinski definition) is 1. The summed E-state index contributed by atoms with van der Waals surface area (Å²) in [4.78, 5) is 0. The van der Waals surface area contributed by atoms with E-state index in [4.69, 9.17) is 4.74 Å². The molecule has 1 N–H and O–H groups in total.